The van der Waals surface area contributed by atoms with Gasteiger partial charge in [-0.15, -0.1) is 24.0 Å². The Kier molecular flexibility index (Phi) is 9.70. The lowest BCUT2D eigenvalue weighted by Crippen LogP contribution is -2.47. The van der Waals surface area contributed by atoms with Gasteiger partial charge in [0.1, 0.15) is 0 Å². The molecular formula is C20H34FIN6. The Morgan fingerprint density at radius 2 is 2.11 bits per heavy atom. The molecule has 1 saturated heterocycles. The van der Waals surface area contributed by atoms with E-state index in [1.807, 2.05) is 4.90 Å². The largest absolute Gasteiger partial charge is 0.355 e. The highest BCUT2D eigenvalue weighted by atomic mass is 127. The summed E-state index contributed by atoms with van der Waals surface area (Å²) in [6.45, 7) is 3.42. The monoisotopic (exact) mass is 504 g/mol. The minimum absolute atomic E-state index is 0. The number of aromatic nitrogens is 1. The summed E-state index contributed by atoms with van der Waals surface area (Å²) in [5, 5.41) is 6.89. The molecule has 1 unspecified atom stereocenters. The van der Waals surface area contributed by atoms with Crippen molar-refractivity contribution in [3.05, 3.63) is 24.1 Å². The van der Waals surface area contributed by atoms with Crippen molar-refractivity contribution >= 4 is 35.8 Å². The number of pyridine rings is 1. The standard InChI is InChI=1S/C20H33FN6.HI/c1-22-20(24-12-14-26(2)17-7-4-3-5-8-17)25-16-10-13-27(15-16)19-18(21)9-6-11-23-19;/h6,9,11,16-17H,3-5,7-8,10,12-15H2,1-2H3,(H2,22,24,25);1H. The van der Waals surface area contributed by atoms with E-state index in [-0.39, 0.29) is 35.8 Å². The number of hydrogen-bond donors (Lipinski definition) is 2. The highest BCUT2D eigenvalue weighted by Gasteiger charge is 2.26. The summed E-state index contributed by atoms with van der Waals surface area (Å²) in [6, 6.07) is 4.06. The molecule has 158 valence electrons. The molecule has 1 saturated carbocycles. The van der Waals surface area contributed by atoms with Gasteiger partial charge < -0.3 is 20.4 Å². The molecule has 0 radical (unpaired) electrons. The molecule has 1 aliphatic carbocycles. The minimum atomic E-state index is -0.258. The summed E-state index contributed by atoms with van der Waals surface area (Å²) in [7, 11) is 4.02. The van der Waals surface area contributed by atoms with E-state index in [2.05, 4.69) is 32.6 Å². The van der Waals surface area contributed by atoms with Crippen LogP contribution in [0.5, 0.6) is 0 Å². The molecule has 2 N–H and O–H groups in total. The van der Waals surface area contributed by atoms with Gasteiger partial charge in [0.2, 0.25) is 0 Å². The van der Waals surface area contributed by atoms with Gasteiger partial charge in [0.15, 0.2) is 17.6 Å². The number of guanidine groups is 1. The summed E-state index contributed by atoms with van der Waals surface area (Å²) in [5.41, 5.74) is 0. The van der Waals surface area contributed by atoms with Crippen molar-refractivity contribution in [3.63, 3.8) is 0 Å². The van der Waals surface area contributed by atoms with Gasteiger partial charge in [-0.3, -0.25) is 4.99 Å². The van der Waals surface area contributed by atoms with Crippen molar-refractivity contribution < 1.29 is 4.39 Å². The van der Waals surface area contributed by atoms with Crippen LogP contribution in [0.15, 0.2) is 23.3 Å². The number of hydrogen-bond acceptors (Lipinski definition) is 4. The van der Waals surface area contributed by atoms with Gasteiger partial charge in [0.25, 0.3) is 0 Å². The van der Waals surface area contributed by atoms with E-state index in [0.717, 1.165) is 44.6 Å². The van der Waals surface area contributed by atoms with Crippen LogP contribution in [0.1, 0.15) is 38.5 Å². The molecule has 0 aromatic carbocycles. The van der Waals surface area contributed by atoms with Crippen LogP contribution in [0.4, 0.5) is 10.2 Å². The first-order valence-corrected chi connectivity index (χ1v) is 10.2. The average molecular weight is 504 g/mol. The van der Waals surface area contributed by atoms with Crippen molar-refractivity contribution in [1.29, 1.82) is 0 Å². The summed E-state index contributed by atoms with van der Waals surface area (Å²) in [4.78, 5) is 13.0. The first kappa shape index (κ1) is 23.1. The van der Waals surface area contributed by atoms with E-state index in [9.17, 15) is 4.39 Å². The third-order valence-corrected chi connectivity index (χ3v) is 5.75. The lowest BCUT2D eigenvalue weighted by Gasteiger charge is -2.31. The molecular weight excluding hydrogens is 470 g/mol. The highest BCUT2D eigenvalue weighted by molar-refractivity contribution is 14.0. The fourth-order valence-electron chi connectivity index (χ4n) is 4.12. The molecule has 1 aliphatic heterocycles. The second-order valence-corrected chi connectivity index (χ2v) is 7.66. The van der Waals surface area contributed by atoms with Crippen molar-refractivity contribution in [1.82, 2.24) is 20.5 Å². The molecule has 2 aliphatic rings. The molecule has 1 aromatic rings. The predicted octanol–water partition coefficient (Wildman–Crippen LogP) is 2.85. The van der Waals surface area contributed by atoms with Crippen molar-refractivity contribution in [2.24, 2.45) is 4.99 Å². The number of likely N-dealkylation sites (N-methyl/N-ethyl adjacent to an activating group) is 1. The number of nitrogens with one attached hydrogen (secondary N) is 2. The normalized spacial score (nSPS) is 20.9. The summed E-state index contributed by atoms with van der Waals surface area (Å²) < 4.78 is 13.9. The Hall–Kier alpha value is -1.16. The Morgan fingerprint density at radius 1 is 1.32 bits per heavy atom. The molecule has 0 spiro atoms. The second kappa shape index (κ2) is 11.7. The van der Waals surface area contributed by atoms with E-state index in [1.165, 1.54) is 38.2 Å². The van der Waals surface area contributed by atoms with Gasteiger partial charge in [-0.1, -0.05) is 19.3 Å². The molecule has 8 heteroatoms. The maximum Gasteiger partial charge on any atom is 0.191 e. The van der Waals surface area contributed by atoms with E-state index >= 15 is 0 Å². The maximum absolute atomic E-state index is 13.9. The van der Waals surface area contributed by atoms with Crippen molar-refractivity contribution in [3.8, 4) is 0 Å². The Labute approximate surface area is 185 Å². The first-order chi connectivity index (χ1) is 13.2. The smallest absolute Gasteiger partial charge is 0.191 e. The van der Waals surface area contributed by atoms with Gasteiger partial charge in [0, 0.05) is 51.5 Å². The zero-order valence-electron chi connectivity index (χ0n) is 17.0. The Bertz CT molecular complexity index is 622. The van der Waals surface area contributed by atoms with E-state index in [0.29, 0.717) is 5.82 Å². The fraction of sp³-hybridized carbons (Fsp3) is 0.700. The number of nitrogens with zero attached hydrogens (tertiary/aromatic N) is 4. The second-order valence-electron chi connectivity index (χ2n) is 7.66. The zero-order chi connectivity index (χ0) is 19.1. The number of halogens is 2. The third kappa shape index (κ3) is 6.43. The molecule has 28 heavy (non-hydrogen) atoms. The van der Waals surface area contributed by atoms with Crippen LogP contribution in [-0.4, -0.2) is 68.2 Å². The van der Waals surface area contributed by atoms with Gasteiger partial charge >= 0.3 is 0 Å². The zero-order valence-corrected chi connectivity index (χ0v) is 19.4. The van der Waals surface area contributed by atoms with Crippen LogP contribution in [0, 0.1) is 5.82 Å². The lowest BCUT2D eigenvalue weighted by molar-refractivity contribution is 0.194. The summed E-state index contributed by atoms with van der Waals surface area (Å²) >= 11 is 0. The quantitative estimate of drug-likeness (QED) is 0.355. The number of anilines is 1. The lowest BCUT2D eigenvalue weighted by atomic mass is 9.94. The van der Waals surface area contributed by atoms with Crippen LogP contribution in [-0.2, 0) is 0 Å². The van der Waals surface area contributed by atoms with E-state index < -0.39 is 0 Å². The van der Waals surface area contributed by atoms with Crippen LogP contribution >= 0.6 is 24.0 Å². The molecule has 0 bridgehead atoms. The number of rotatable bonds is 6. The topological polar surface area (TPSA) is 55.8 Å². The SMILES string of the molecule is CN=C(NCCN(C)C1CCCCC1)NC1CCN(c2ncccc2F)C1.I. The van der Waals surface area contributed by atoms with Gasteiger partial charge in [0.05, 0.1) is 0 Å². The highest BCUT2D eigenvalue weighted by Crippen LogP contribution is 2.22. The maximum atomic E-state index is 13.9. The predicted molar refractivity (Wildman–Crippen MR) is 124 cm³/mol. The molecule has 6 nitrogen and oxygen atoms in total. The molecule has 2 heterocycles. The van der Waals surface area contributed by atoms with Crippen LogP contribution in [0.3, 0.4) is 0 Å². The van der Waals surface area contributed by atoms with Crippen molar-refractivity contribution in [2.75, 3.05) is 45.2 Å². The van der Waals surface area contributed by atoms with E-state index in [4.69, 9.17) is 0 Å². The molecule has 3 rings (SSSR count). The number of aliphatic imine (C=N–C) groups is 1. The summed E-state index contributed by atoms with van der Waals surface area (Å²) in [6.07, 6.45) is 9.35. The summed E-state index contributed by atoms with van der Waals surface area (Å²) in [5.74, 6) is 1.01. The Morgan fingerprint density at radius 3 is 2.82 bits per heavy atom. The first-order valence-electron chi connectivity index (χ1n) is 10.2. The molecule has 2 fully saturated rings. The van der Waals surface area contributed by atoms with Crippen LogP contribution < -0.4 is 15.5 Å². The average Bonchev–Trinajstić information content (AvgIpc) is 3.16. The van der Waals surface area contributed by atoms with Crippen LogP contribution in [0.2, 0.25) is 0 Å². The fourth-order valence-corrected chi connectivity index (χ4v) is 4.12. The third-order valence-electron chi connectivity index (χ3n) is 5.75. The van der Waals surface area contributed by atoms with Gasteiger partial charge in [-0.05, 0) is 38.4 Å². The van der Waals surface area contributed by atoms with Crippen molar-refractivity contribution in [2.45, 2.75) is 50.6 Å². The minimum Gasteiger partial charge on any atom is -0.355 e. The molecule has 1 atom stereocenters. The van der Waals surface area contributed by atoms with Crippen LogP contribution in [0.25, 0.3) is 0 Å². The van der Waals surface area contributed by atoms with E-state index in [1.54, 1.807) is 19.3 Å². The molecule has 1 aromatic heterocycles. The van der Waals surface area contributed by atoms with Gasteiger partial charge in [-0.25, -0.2) is 9.37 Å². The van der Waals surface area contributed by atoms with Gasteiger partial charge in [-0.2, -0.15) is 0 Å². The molecule has 0 amide bonds. The Balaban J connectivity index is 0.00000280.